The first-order valence-electron chi connectivity index (χ1n) is 5.00. The Balaban J connectivity index is 2.76. The van der Waals surface area contributed by atoms with E-state index in [1.54, 1.807) is 13.3 Å². The lowest BCUT2D eigenvalue weighted by Crippen LogP contribution is -2.22. The second kappa shape index (κ2) is 5.00. The van der Waals surface area contributed by atoms with Crippen LogP contribution < -0.4 is 10.1 Å². The molecule has 14 heavy (non-hydrogen) atoms. The summed E-state index contributed by atoms with van der Waals surface area (Å²) in [5.74, 6) is 0.851. The summed E-state index contributed by atoms with van der Waals surface area (Å²) in [4.78, 5) is 0. The SMILES string of the molecule is CCCNC(C)c1c(OC)cnn1C. The molecule has 0 bridgehead atoms. The van der Waals surface area contributed by atoms with E-state index in [0.29, 0.717) is 0 Å². The van der Waals surface area contributed by atoms with Gasteiger partial charge in [-0.2, -0.15) is 5.10 Å². The largest absolute Gasteiger partial charge is 0.493 e. The van der Waals surface area contributed by atoms with E-state index in [0.717, 1.165) is 24.4 Å². The highest BCUT2D eigenvalue weighted by Gasteiger charge is 2.15. The highest BCUT2D eigenvalue weighted by atomic mass is 16.5. The van der Waals surface area contributed by atoms with Gasteiger partial charge >= 0.3 is 0 Å². The summed E-state index contributed by atoms with van der Waals surface area (Å²) in [6.07, 6.45) is 2.88. The lowest BCUT2D eigenvalue weighted by molar-refractivity contribution is 0.397. The lowest BCUT2D eigenvalue weighted by Gasteiger charge is -2.14. The Kier molecular flexibility index (Phi) is 3.95. The van der Waals surface area contributed by atoms with E-state index in [1.165, 1.54) is 0 Å². The van der Waals surface area contributed by atoms with Crippen LogP contribution in [0.15, 0.2) is 6.20 Å². The fourth-order valence-electron chi connectivity index (χ4n) is 1.54. The summed E-state index contributed by atoms with van der Waals surface area (Å²) in [7, 11) is 3.61. The molecule has 1 unspecified atom stereocenters. The molecule has 1 heterocycles. The standard InChI is InChI=1S/C10H19N3O/c1-5-6-11-8(2)10-9(14-4)7-12-13(10)3/h7-8,11H,5-6H2,1-4H3. The van der Waals surface area contributed by atoms with Crippen molar-refractivity contribution in [2.75, 3.05) is 13.7 Å². The number of aryl methyl sites for hydroxylation is 1. The zero-order valence-electron chi connectivity index (χ0n) is 9.37. The first-order valence-corrected chi connectivity index (χ1v) is 5.00. The number of rotatable bonds is 5. The van der Waals surface area contributed by atoms with E-state index in [2.05, 4.69) is 24.3 Å². The van der Waals surface area contributed by atoms with Gasteiger partial charge in [-0.25, -0.2) is 0 Å². The van der Waals surface area contributed by atoms with E-state index in [4.69, 9.17) is 4.74 Å². The van der Waals surface area contributed by atoms with Gasteiger partial charge in [0.2, 0.25) is 0 Å². The average Bonchev–Trinajstić information content (AvgIpc) is 2.56. The highest BCUT2D eigenvalue weighted by molar-refractivity contribution is 5.27. The Hall–Kier alpha value is -1.03. The van der Waals surface area contributed by atoms with Crippen LogP contribution in [0.5, 0.6) is 5.75 Å². The number of hydrogen-bond donors (Lipinski definition) is 1. The molecule has 0 saturated heterocycles. The fraction of sp³-hybridized carbons (Fsp3) is 0.700. The minimum atomic E-state index is 0.275. The number of methoxy groups -OCH3 is 1. The number of aromatic nitrogens is 2. The van der Waals surface area contributed by atoms with Crippen molar-refractivity contribution >= 4 is 0 Å². The Labute approximate surface area is 85.3 Å². The molecule has 0 aliphatic carbocycles. The van der Waals surface area contributed by atoms with Crippen LogP contribution in [0.3, 0.4) is 0 Å². The molecule has 0 saturated carbocycles. The molecule has 0 amide bonds. The molecule has 0 spiro atoms. The monoisotopic (exact) mass is 197 g/mol. The van der Waals surface area contributed by atoms with Crippen molar-refractivity contribution in [2.24, 2.45) is 7.05 Å². The van der Waals surface area contributed by atoms with E-state index in [-0.39, 0.29) is 6.04 Å². The van der Waals surface area contributed by atoms with Gasteiger partial charge in [0.05, 0.1) is 25.0 Å². The average molecular weight is 197 g/mol. The Bertz CT molecular complexity index is 283. The quantitative estimate of drug-likeness (QED) is 0.777. The van der Waals surface area contributed by atoms with E-state index < -0.39 is 0 Å². The zero-order valence-corrected chi connectivity index (χ0v) is 9.37. The second-order valence-electron chi connectivity index (χ2n) is 3.40. The molecule has 4 heteroatoms. The van der Waals surface area contributed by atoms with Crippen molar-refractivity contribution < 1.29 is 4.74 Å². The predicted octanol–water partition coefficient (Wildman–Crippen LogP) is 1.49. The van der Waals surface area contributed by atoms with Crippen LogP contribution in [-0.2, 0) is 7.05 Å². The summed E-state index contributed by atoms with van der Waals surface area (Å²) in [6, 6.07) is 0.275. The van der Waals surface area contributed by atoms with Crippen LogP contribution in [0.1, 0.15) is 32.0 Å². The van der Waals surface area contributed by atoms with Crippen molar-refractivity contribution in [3.8, 4) is 5.75 Å². The van der Waals surface area contributed by atoms with Gasteiger partial charge in [-0.05, 0) is 19.9 Å². The Morgan fingerprint density at radius 3 is 2.93 bits per heavy atom. The van der Waals surface area contributed by atoms with Crippen molar-refractivity contribution in [1.82, 2.24) is 15.1 Å². The lowest BCUT2D eigenvalue weighted by atomic mass is 10.2. The molecule has 0 radical (unpaired) electrons. The van der Waals surface area contributed by atoms with Gasteiger partial charge in [0.15, 0.2) is 5.75 Å². The molecule has 1 aromatic rings. The molecular weight excluding hydrogens is 178 g/mol. The van der Waals surface area contributed by atoms with Crippen molar-refractivity contribution in [3.05, 3.63) is 11.9 Å². The maximum Gasteiger partial charge on any atom is 0.161 e. The maximum absolute atomic E-state index is 5.24. The van der Waals surface area contributed by atoms with Gasteiger partial charge in [-0.15, -0.1) is 0 Å². The maximum atomic E-state index is 5.24. The van der Waals surface area contributed by atoms with Crippen LogP contribution >= 0.6 is 0 Å². The molecule has 1 rings (SSSR count). The highest BCUT2D eigenvalue weighted by Crippen LogP contribution is 2.23. The molecule has 0 fully saturated rings. The van der Waals surface area contributed by atoms with E-state index in [1.807, 2.05) is 11.7 Å². The smallest absolute Gasteiger partial charge is 0.161 e. The summed E-state index contributed by atoms with van der Waals surface area (Å²) in [5.41, 5.74) is 1.10. The minimum absolute atomic E-state index is 0.275. The summed E-state index contributed by atoms with van der Waals surface area (Å²) in [6.45, 7) is 5.28. The first kappa shape index (κ1) is 11.0. The third-order valence-electron chi connectivity index (χ3n) is 2.28. The Morgan fingerprint density at radius 1 is 1.64 bits per heavy atom. The summed E-state index contributed by atoms with van der Waals surface area (Å²) >= 11 is 0. The molecule has 1 atom stereocenters. The molecule has 0 aliphatic heterocycles. The summed E-state index contributed by atoms with van der Waals surface area (Å²) < 4.78 is 7.10. The van der Waals surface area contributed by atoms with Crippen molar-refractivity contribution in [3.63, 3.8) is 0 Å². The van der Waals surface area contributed by atoms with Crippen LogP contribution in [0, 0.1) is 0 Å². The molecule has 1 N–H and O–H groups in total. The van der Waals surface area contributed by atoms with Crippen LogP contribution in [-0.4, -0.2) is 23.4 Å². The van der Waals surface area contributed by atoms with Gasteiger partial charge in [0.25, 0.3) is 0 Å². The predicted molar refractivity (Wildman–Crippen MR) is 56.5 cm³/mol. The topological polar surface area (TPSA) is 39.1 Å². The van der Waals surface area contributed by atoms with Gasteiger partial charge < -0.3 is 10.1 Å². The Morgan fingerprint density at radius 2 is 2.36 bits per heavy atom. The van der Waals surface area contributed by atoms with E-state index >= 15 is 0 Å². The third kappa shape index (κ3) is 2.26. The van der Waals surface area contributed by atoms with Crippen LogP contribution in [0.25, 0.3) is 0 Å². The van der Waals surface area contributed by atoms with Gasteiger partial charge in [0, 0.05) is 7.05 Å². The normalized spacial score (nSPS) is 12.9. The number of nitrogens with one attached hydrogen (secondary N) is 1. The number of nitrogens with zero attached hydrogens (tertiary/aromatic N) is 2. The van der Waals surface area contributed by atoms with E-state index in [9.17, 15) is 0 Å². The third-order valence-corrected chi connectivity index (χ3v) is 2.28. The van der Waals surface area contributed by atoms with Gasteiger partial charge in [0.1, 0.15) is 0 Å². The molecular formula is C10H19N3O. The number of hydrogen-bond acceptors (Lipinski definition) is 3. The second-order valence-corrected chi connectivity index (χ2v) is 3.40. The molecule has 4 nitrogen and oxygen atoms in total. The first-order chi connectivity index (χ1) is 6.70. The number of ether oxygens (including phenoxy) is 1. The molecule has 0 aromatic carbocycles. The summed E-state index contributed by atoms with van der Waals surface area (Å²) in [5, 5.41) is 7.58. The zero-order chi connectivity index (χ0) is 10.6. The van der Waals surface area contributed by atoms with Crippen LogP contribution in [0.2, 0.25) is 0 Å². The van der Waals surface area contributed by atoms with Gasteiger partial charge in [-0.3, -0.25) is 4.68 Å². The minimum Gasteiger partial charge on any atom is -0.493 e. The molecule has 1 aromatic heterocycles. The van der Waals surface area contributed by atoms with Crippen molar-refractivity contribution in [2.45, 2.75) is 26.3 Å². The molecule has 80 valence electrons. The van der Waals surface area contributed by atoms with Crippen LogP contribution in [0.4, 0.5) is 0 Å². The molecule has 0 aliphatic rings. The fourth-order valence-corrected chi connectivity index (χ4v) is 1.54. The van der Waals surface area contributed by atoms with Gasteiger partial charge in [-0.1, -0.05) is 6.92 Å². The van der Waals surface area contributed by atoms with Crippen molar-refractivity contribution in [1.29, 1.82) is 0 Å².